The van der Waals surface area contributed by atoms with Gasteiger partial charge in [0, 0.05) is 31.0 Å². The van der Waals surface area contributed by atoms with Crippen molar-refractivity contribution in [3.63, 3.8) is 0 Å². The number of amides is 1. The third-order valence-corrected chi connectivity index (χ3v) is 5.59. The third-order valence-electron chi connectivity index (χ3n) is 5.59. The maximum Gasteiger partial charge on any atom is 0.226 e. The SMILES string of the molecule is Cc1nn(-c2ccc(N3CCOCC3)nn2)c2c1[C@@H](c1ccc(O)cc1)CC(=O)N2. The van der Waals surface area contributed by atoms with E-state index >= 15 is 0 Å². The number of nitrogens with zero attached hydrogens (tertiary/aromatic N) is 5. The van der Waals surface area contributed by atoms with Crippen molar-refractivity contribution in [2.24, 2.45) is 0 Å². The fraction of sp³-hybridized carbons (Fsp3) is 0.333. The fourth-order valence-electron chi connectivity index (χ4n) is 4.10. The molecule has 2 aliphatic rings. The molecule has 0 unspecified atom stereocenters. The molecular formula is C21H22N6O3. The summed E-state index contributed by atoms with van der Waals surface area (Å²) >= 11 is 0. The normalized spacial score (nSPS) is 18.8. The van der Waals surface area contributed by atoms with E-state index in [2.05, 4.69) is 25.5 Å². The summed E-state index contributed by atoms with van der Waals surface area (Å²) in [6.07, 6.45) is 0.325. The number of phenolic OH excluding ortho intramolecular Hbond substituents is 1. The van der Waals surface area contributed by atoms with Gasteiger partial charge in [0.25, 0.3) is 0 Å². The molecule has 1 atom stereocenters. The quantitative estimate of drug-likeness (QED) is 0.685. The van der Waals surface area contributed by atoms with E-state index in [9.17, 15) is 9.90 Å². The van der Waals surface area contributed by atoms with Crippen LogP contribution in [0.2, 0.25) is 0 Å². The Morgan fingerprint density at radius 1 is 1.07 bits per heavy atom. The van der Waals surface area contributed by atoms with E-state index in [0.29, 0.717) is 31.3 Å². The van der Waals surface area contributed by atoms with Crippen molar-refractivity contribution in [1.29, 1.82) is 0 Å². The lowest BCUT2D eigenvalue weighted by Crippen LogP contribution is -2.36. The van der Waals surface area contributed by atoms with Gasteiger partial charge in [0.05, 0.1) is 18.9 Å². The van der Waals surface area contributed by atoms with E-state index in [1.165, 1.54) is 0 Å². The van der Waals surface area contributed by atoms with Gasteiger partial charge in [0.15, 0.2) is 11.6 Å². The summed E-state index contributed by atoms with van der Waals surface area (Å²) in [7, 11) is 0. The first kappa shape index (κ1) is 18.6. The van der Waals surface area contributed by atoms with E-state index in [-0.39, 0.29) is 17.6 Å². The predicted molar refractivity (Wildman–Crippen MR) is 110 cm³/mol. The first-order chi connectivity index (χ1) is 14.6. The summed E-state index contributed by atoms with van der Waals surface area (Å²) in [5, 5.41) is 25.9. The highest BCUT2D eigenvalue weighted by Crippen LogP contribution is 2.40. The number of morpholine rings is 1. The van der Waals surface area contributed by atoms with Gasteiger partial charge < -0.3 is 20.1 Å². The summed E-state index contributed by atoms with van der Waals surface area (Å²) in [5.74, 6) is 1.94. The van der Waals surface area contributed by atoms with Crippen LogP contribution < -0.4 is 10.2 Å². The number of phenols is 1. The number of hydrogen-bond donors (Lipinski definition) is 2. The van der Waals surface area contributed by atoms with Crippen LogP contribution in [0.3, 0.4) is 0 Å². The van der Waals surface area contributed by atoms with Gasteiger partial charge in [0.2, 0.25) is 5.91 Å². The lowest BCUT2D eigenvalue weighted by atomic mass is 9.86. The molecule has 0 spiro atoms. The van der Waals surface area contributed by atoms with Crippen LogP contribution in [-0.2, 0) is 9.53 Å². The van der Waals surface area contributed by atoms with Crippen molar-refractivity contribution in [2.75, 3.05) is 36.5 Å². The fourth-order valence-corrected chi connectivity index (χ4v) is 4.10. The minimum atomic E-state index is -0.135. The zero-order valence-corrected chi connectivity index (χ0v) is 16.6. The number of carbonyl (C=O) groups is 1. The number of hydrogen-bond acceptors (Lipinski definition) is 7. The monoisotopic (exact) mass is 406 g/mol. The van der Waals surface area contributed by atoms with Crippen LogP contribution in [-0.4, -0.2) is 57.3 Å². The molecule has 0 aliphatic carbocycles. The molecule has 1 saturated heterocycles. The maximum atomic E-state index is 12.5. The molecule has 2 N–H and O–H groups in total. The second kappa shape index (κ2) is 7.42. The van der Waals surface area contributed by atoms with Crippen molar-refractivity contribution >= 4 is 17.5 Å². The van der Waals surface area contributed by atoms with Crippen LogP contribution in [0, 0.1) is 6.92 Å². The Morgan fingerprint density at radius 3 is 2.47 bits per heavy atom. The standard InChI is InChI=1S/C21H22N6O3/c1-13-20-16(14-2-4-15(28)5-3-14)12-19(29)22-21(20)27(25-13)18-7-6-17(23-24-18)26-8-10-30-11-9-26/h2-7,16,28H,8-12H2,1H3,(H,22,29)/t16-/m1/s1. The van der Waals surface area contributed by atoms with Crippen LogP contribution in [0.4, 0.5) is 11.6 Å². The molecule has 30 heavy (non-hydrogen) atoms. The average Bonchev–Trinajstić information content (AvgIpc) is 3.10. The van der Waals surface area contributed by atoms with Gasteiger partial charge in [-0.3, -0.25) is 4.79 Å². The van der Waals surface area contributed by atoms with E-state index < -0.39 is 0 Å². The molecule has 2 aromatic heterocycles. The van der Waals surface area contributed by atoms with Crippen LogP contribution in [0.5, 0.6) is 5.75 Å². The molecule has 1 fully saturated rings. The molecule has 0 bridgehead atoms. The minimum absolute atomic E-state index is 0.0837. The second-order valence-corrected chi connectivity index (χ2v) is 7.51. The number of aromatic nitrogens is 4. The van der Waals surface area contributed by atoms with Gasteiger partial charge in [-0.1, -0.05) is 12.1 Å². The summed E-state index contributed by atoms with van der Waals surface area (Å²) in [4.78, 5) is 14.6. The molecule has 0 saturated carbocycles. The summed E-state index contributed by atoms with van der Waals surface area (Å²) < 4.78 is 7.03. The highest BCUT2D eigenvalue weighted by molar-refractivity contribution is 5.95. The lowest BCUT2D eigenvalue weighted by molar-refractivity contribution is -0.116. The number of anilines is 2. The molecule has 154 valence electrons. The number of fused-ring (bicyclic) bond motifs is 1. The van der Waals surface area contributed by atoms with Crippen LogP contribution >= 0.6 is 0 Å². The number of aromatic hydroxyl groups is 1. The Hall–Kier alpha value is -3.46. The Balaban J connectivity index is 1.51. The molecule has 5 rings (SSSR count). The Kier molecular flexibility index (Phi) is 4.59. The number of aryl methyl sites for hydroxylation is 1. The Bertz CT molecular complexity index is 1070. The molecule has 2 aliphatic heterocycles. The third kappa shape index (κ3) is 3.26. The van der Waals surface area contributed by atoms with Gasteiger partial charge in [-0.25, -0.2) is 0 Å². The molecule has 3 aromatic rings. The topological polar surface area (TPSA) is 105 Å². The average molecular weight is 406 g/mol. The van der Waals surface area contributed by atoms with E-state index in [0.717, 1.165) is 35.7 Å². The van der Waals surface area contributed by atoms with Crippen molar-refractivity contribution < 1.29 is 14.6 Å². The largest absolute Gasteiger partial charge is 0.508 e. The van der Waals surface area contributed by atoms with Crippen LogP contribution in [0.1, 0.15) is 29.2 Å². The molecular weight excluding hydrogens is 384 g/mol. The summed E-state index contributed by atoms with van der Waals surface area (Å²) in [6, 6.07) is 10.7. The number of rotatable bonds is 3. The van der Waals surface area contributed by atoms with E-state index in [1.54, 1.807) is 16.8 Å². The minimum Gasteiger partial charge on any atom is -0.508 e. The molecule has 9 nitrogen and oxygen atoms in total. The van der Waals surface area contributed by atoms with Gasteiger partial charge in [-0.05, 0) is 36.8 Å². The zero-order chi connectivity index (χ0) is 20.7. The smallest absolute Gasteiger partial charge is 0.226 e. The van der Waals surface area contributed by atoms with Gasteiger partial charge in [0.1, 0.15) is 11.6 Å². The van der Waals surface area contributed by atoms with Crippen molar-refractivity contribution in [1.82, 2.24) is 20.0 Å². The van der Waals surface area contributed by atoms with Gasteiger partial charge in [-0.15, -0.1) is 10.2 Å². The van der Waals surface area contributed by atoms with Gasteiger partial charge >= 0.3 is 0 Å². The lowest BCUT2D eigenvalue weighted by Gasteiger charge is -2.27. The number of nitrogens with one attached hydrogen (secondary N) is 1. The second-order valence-electron chi connectivity index (χ2n) is 7.51. The highest BCUT2D eigenvalue weighted by atomic mass is 16.5. The van der Waals surface area contributed by atoms with Crippen molar-refractivity contribution in [2.45, 2.75) is 19.3 Å². The number of benzene rings is 1. The van der Waals surface area contributed by atoms with Gasteiger partial charge in [-0.2, -0.15) is 9.78 Å². The zero-order valence-electron chi connectivity index (χ0n) is 16.6. The Labute approximate surface area is 173 Å². The molecule has 0 radical (unpaired) electrons. The predicted octanol–water partition coefficient (Wildman–Crippen LogP) is 1.99. The van der Waals surface area contributed by atoms with Crippen LogP contribution in [0.15, 0.2) is 36.4 Å². The van der Waals surface area contributed by atoms with Crippen molar-refractivity contribution in [3.05, 3.63) is 53.2 Å². The Morgan fingerprint density at radius 2 is 1.77 bits per heavy atom. The van der Waals surface area contributed by atoms with E-state index in [4.69, 9.17) is 4.74 Å². The summed E-state index contributed by atoms with van der Waals surface area (Å²) in [6.45, 7) is 4.86. The van der Waals surface area contributed by atoms with Crippen LogP contribution in [0.25, 0.3) is 5.82 Å². The number of ether oxygens (including phenoxy) is 1. The first-order valence-electron chi connectivity index (χ1n) is 9.95. The maximum absolute atomic E-state index is 12.5. The molecule has 1 aromatic carbocycles. The van der Waals surface area contributed by atoms with Crippen molar-refractivity contribution in [3.8, 4) is 11.6 Å². The first-order valence-corrected chi connectivity index (χ1v) is 9.95. The molecule has 1 amide bonds. The highest BCUT2D eigenvalue weighted by Gasteiger charge is 2.33. The summed E-state index contributed by atoms with van der Waals surface area (Å²) in [5.41, 5.74) is 2.74. The van der Waals surface area contributed by atoms with E-state index in [1.807, 2.05) is 31.2 Å². The molecule has 9 heteroatoms. The molecule has 4 heterocycles. The number of carbonyl (C=O) groups excluding carboxylic acids is 1.